The minimum atomic E-state index is 0.0448. The molecule has 1 aliphatic carbocycles. The number of benzene rings is 2. The number of fused-ring (bicyclic) bond motifs is 1. The van der Waals surface area contributed by atoms with Crippen LogP contribution in [0.5, 0.6) is 5.75 Å². The van der Waals surface area contributed by atoms with Gasteiger partial charge in [0.15, 0.2) is 6.61 Å². The van der Waals surface area contributed by atoms with Crippen molar-refractivity contribution in [1.29, 1.82) is 0 Å². The molecule has 0 unspecified atom stereocenters. The van der Waals surface area contributed by atoms with Crippen LogP contribution in [0, 0.1) is 0 Å². The van der Waals surface area contributed by atoms with Gasteiger partial charge in [0.05, 0.1) is 0 Å². The number of carbonyl (C=O) groups is 1. The number of ether oxygens (including phenoxy) is 1. The molecule has 0 spiro atoms. The summed E-state index contributed by atoms with van der Waals surface area (Å²) < 4.78 is 6.66. The molecule has 0 heterocycles. The summed E-state index contributed by atoms with van der Waals surface area (Å²) in [5.41, 5.74) is 0. The summed E-state index contributed by atoms with van der Waals surface area (Å²) in [4.78, 5) is 13.7. The first-order chi connectivity index (χ1) is 9.63. The van der Waals surface area contributed by atoms with Crippen molar-refractivity contribution in [3.05, 3.63) is 40.9 Å². The Bertz CT molecular complexity index is 652. The summed E-state index contributed by atoms with van der Waals surface area (Å²) in [5, 5.41) is 2.25. The zero-order valence-electron chi connectivity index (χ0n) is 11.3. The number of hydrogen-bond acceptors (Lipinski definition) is 2. The van der Waals surface area contributed by atoms with E-state index in [2.05, 4.69) is 22.0 Å². The molecule has 0 N–H and O–H groups in total. The lowest BCUT2D eigenvalue weighted by Gasteiger charge is -2.16. The van der Waals surface area contributed by atoms with E-state index in [1.165, 1.54) is 0 Å². The minimum absolute atomic E-state index is 0.0448. The zero-order valence-corrected chi connectivity index (χ0v) is 12.9. The quantitative estimate of drug-likeness (QED) is 0.855. The van der Waals surface area contributed by atoms with Gasteiger partial charge in [0.25, 0.3) is 5.91 Å². The molecule has 0 aromatic heterocycles. The average molecular weight is 334 g/mol. The van der Waals surface area contributed by atoms with Crippen LogP contribution in [0.1, 0.15) is 12.8 Å². The molecule has 1 saturated carbocycles. The minimum Gasteiger partial charge on any atom is -0.484 e. The maximum absolute atomic E-state index is 11.9. The highest BCUT2D eigenvalue weighted by Gasteiger charge is 2.29. The van der Waals surface area contributed by atoms with Gasteiger partial charge in [0.2, 0.25) is 0 Å². The molecule has 0 aliphatic heterocycles. The number of halogens is 1. The van der Waals surface area contributed by atoms with Crippen molar-refractivity contribution in [2.24, 2.45) is 0 Å². The van der Waals surface area contributed by atoms with Crippen LogP contribution in [0.15, 0.2) is 40.9 Å². The molecule has 1 aliphatic rings. The number of likely N-dealkylation sites (N-methyl/N-ethyl adjacent to an activating group) is 1. The van der Waals surface area contributed by atoms with E-state index in [0.717, 1.165) is 33.8 Å². The summed E-state index contributed by atoms with van der Waals surface area (Å²) >= 11 is 3.45. The first-order valence-electron chi connectivity index (χ1n) is 6.71. The second-order valence-corrected chi connectivity index (χ2v) is 6.09. The van der Waals surface area contributed by atoms with Crippen LogP contribution in [-0.2, 0) is 4.79 Å². The van der Waals surface area contributed by atoms with E-state index in [4.69, 9.17) is 4.74 Å². The van der Waals surface area contributed by atoms with Crippen molar-refractivity contribution in [1.82, 2.24) is 4.90 Å². The van der Waals surface area contributed by atoms with E-state index in [9.17, 15) is 4.79 Å². The SMILES string of the molecule is CN(C(=O)COc1ccc2cc(Br)ccc2c1)C1CC1. The first-order valence-corrected chi connectivity index (χ1v) is 7.50. The number of amides is 1. The predicted molar refractivity (Wildman–Crippen MR) is 82.9 cm³/mol. The molecule has 2 aromatic rings. The van der Waals surface area contributed by atoms with Gasteiger partial charge in [-0.2, -0.15) is 0 Å². The normalized spacial score (nSPS) is 14.3. The molecule has 20 heavy (non-hydrogen) atoms. The zero-order chi connectivity index (χ0) is 14.1. The van der Waals surface area contributed by atoms with E-state index in [1.807, 2.05) is 37.4 Å². The molecular weight excluding hydrogens is 318 g/mol. The standard InChI is InChI=1S/C16H16BrNO2/c1-18(14-5-6-14)16(19)10-20-15-7-3-11-8-13(17)4-2-12(11)9-15/h2-4,7-9,14H,5-6,10H2,1H3. The Kier molecular flexibility index (Phi) is 3.66. The molecule has 0 saturated heterocycles. The van der Waals surface area contributed by atoms with Gasteiger partial charge >= 0.3 is 0 Å². The third kappa shape index (κ3) is 2.96. The van der Waals surface area contributed by atoms with Gasteiger partial charge < -0.3 is 9.64 Å². The highest BCUT2D eigenvalue weighted by Crippen LogP contribution is 2.26. The first kappa shape index (κ1) is 13.4. The van der Waals surface area contributed by atoms with Crippen molar-refractivity contribution in [2.45, 2.75) is 18.9 Å². The molecule has 0 atom stereocenters. The maximum atomic E-state index is 11.9. The number of nitrogens with zero attached hydrogens (tertiary/aromatic N) is 1. The lowest BCUT2D eigenvalue weighted by molar-refractivity contribution is -0.132. The Morgan fingerprint density at radius 2 is 1.95 bits per heavy atom. The van der Waals surface area contributed by atoms with Gasteiger partial charge in [-0.25, -0.2) is 0 Å². The molecule has 4 heteroatoms. The smallest absolute Gasteiger partial charge is 0.260 e. The Labute approximate surface area is 126 Å². The third-order valence-corrected chi connectivity index (χ3v) is 4.12. The summed E-state index contributed by atoms with van der Waals surface area (Å²) in [6.45, 7) is 0.106. The van der Waals surface area contributed by atoms with Gasteiger partial charge in [0, 0.05) is 17.6 Å². The molecule has 1 fully saturated rings. The summed E-state index contributed by atoms with van der Waals surface area (Å²) in [6.07, 6.45) is 2.24. The Morgan fingerprint density at radius 1 is 1.25 bits per heavy atom. The largest absolute Gasteiger partial charge is 0.484 e. The summed E-state index contributed by atoms with van der Waals surface area (Å²) in [5.74, 6) is 0.778. The number of rotatable bonds is 4. The molecule has 3 rings (SSSR count). The van der Waals surface area contributed by atoms with Crippen molar-refractivity contribution >= 4 is 32.6 Å². The fourth-order valence-electron chi connectivity index (χ4n) is 2.20. The molecule has 0 bridgehead atoms. The maximum Gasteiger partial charge on any atom is 0.260 e. The second-order valence-electron chi connectivity index (χ2n) is 5.18. The van der Waals surface area contributed by atoms with Crippen molar-refractivity contribution in [2.75, 3.05) is 13.7 Å². The predicted octanol–water partition coefficient (Wildman–Crippen LogP) is 3.60. The van der Waals surface area contributed by atoms with Gasteiger partial charge in [-0.1, -0.05) is 28.1 Å². The number of hydrogen-bond donors (Lipinski definition) is 0. The van der Waals surface area contributed by atoms with Gasteiger partial charge in [-0.15, -0.1) is 0 Å². The van der Waals surface area contributed by atoms with Crippen LogP contribution in [0.2, 0.25) is 0 Å². The summed E-state index contributed by atoms with van der Waals surface area (Å²) in [7, 11) is 1.85. The van der Waals surface area contributed by atoms with Crippen LogP contribution in [-0.4, -0.2) is 30.5 Å². The van der Waals surface area contributed by atoms with Gasteiger partial charge in [-0.3, -0.25) is 4.79 Å². The van der Waals surface area contributed by atoms with Crippen molar-refractivity contribution < 1.29 is 9.53 Å². The van der Waals surface area contributed by atoms with Gasteiger partial charge in [-0.05, 0) is 47.9 Å². The fraction of sp³-hybridized carbons (Fsp3) is 0.312. The lowest BCUT2D eigenvalue weighted by Crippen LogP contribution is -2.33. The lowest BCUT2D eigenvalue weighted by atomic mass is 10.1. The van der Waals surface area contributed by atoms with E-state index in [-0.39, 0.29) is 12.5 Å². The van der Waals surface area contributed by atoms with E-state index >= 15 is 0 Å². The monoisotopic (exact) mass is 333 g/mol. The highest BCUT2D eigenvalue weighted by atomic mass is 79.9. The van der Waals surface area contributed by atoms with Crippen LogP contribution < -0.4 is 4.74 Å². The third-order valence-electron chi connectivity index (χ3n) is 3.62. The number of carbonyl (C=O) groups excluding carboxylic acids is 1. The molecule has 1 amide bonds. The molecular formula is C16H16BrNO2. The molecule has 3 nitrogen and oxygen atoms in total. The van der Waals surface area contributed by atoms with E-state index in [0.29, 0.717) is 6.04 Å². The second kappa shape index (κ2) is 5.44. The van der Waals surface area contributed by atoms with E-state index in [1.54, 1.807) is 4.90 Å². The summed E-state index contributed by atoms with van der Waals surface area (Å²) in [6, 6.07) is 12.4. The van der Waals surface area contributed by atoms with Crippen molar-refractivity contribution in [3.63, 3.8) is 0 Å². The van der Waals surface area contributed by atoms with Crippen LogP contribution in [0.25, 0.3) is 10.8 Å². The molecule has 104 valence electrons. The molecule has 2 aromatic carbocycles. The van der Waals surface area contributed by atoms with Crippen LogP contribution in [0.3, 0.4) is 0 Å². The Morgan fingerprint density at radius 3 is 2.70 bits per heavy atom. The van der Waals surface area contributed by atoms with Crippen LogP contribution >= 0.6 is 15.9 Å². The van der Waals surface area contributed by atoms with Crippen molar-refractivity contribution in [3.8, 4) is 5.75 Å². The fourth-order valence-corrected chi connectivity index (χ4v) is 2.58. The Balaban J connectivity index is 1.68. The van der Waals surface area contributed by atoms with Crippen LogP contribution in [0.4, 0.5) is 0 Å². The van der Waals surface area contributed by atoms with E-state index < -0.39 is 0 Å². The van der Waals surface area contributed by atoms with Gasteiger partial charge in [0.1, 0.15) is 5.75 Å². The average Bonchev–Trinajstić information content (AvgIpc) is 3.28. The Hall–Kier alpha value is -1.55. The molecule has 0 radical (unpaired) electrons. The topological polar surface area (TPSA) is 29.5 Å². The highest BCUT2D eigenvalue weighted by molar-refractivity contribution is 9.10.